The number of carbonyl (C=O) groups excluding carboxylic acids is 1. The number of nitrogens with zero attached hydrogens (tertiary/aromatic N) is 6. The number of nitrogens with one attached hydrogen (secondary N) is 1. The molecule has 4 heterocycles. The first-order chi connectivity index (χ1) is 40.2. The van der Waals surface area contributed by atoms with Crippen molar-refractivity contribution in [2.45, 2.75) is 171 Å². The number of carboxylic acids is 1. The Morgan fingerprint density at radius 1 is 0.552 bits per heavy atom. The Kier molecular flexibility index (Phi) is 30.3. The van der Waals surface area contributed by atoms with Gasteiger partial charge >= 0.3 is 5.97 Å². The molecule has 4 atom stereocenters. The van der Waals surface area contributed by atoms with Crippen molar-refractivity contribution in [1.29, 1.82) is 0 Å². The topological polar surface area (TPSA) is 126 Å². The molecule has 4 saturated heterocycles. The van der Waals surface area contributed by atoms with Gasteiger partial charge in [-0.2, -0.15) is 0 Å². The van der Waals surface area contributed by atoms with Crippen molar-refractivity contribution in [3.05, 3.63) is 126 Å². The van der Waals surface area contributed by atoms with Crippen LogP contribution >= 0.6 is 69.6 Å². The number of carboxylic acid groups (broad SMARTS) is 1. The lowest BCUT2D eigenvalue weighted by Crippen LogP contribution is -2.55. The average molecular weight is 1330 g/mol. The Labute approximate surface area is 554 Å². The van der Waals surface area contributed by atoms with Crippen LogP contribution in [-0.4, -0.2) is 155 Å². The number of benzene rings is 4. The molecule has 4 unspecified atom stereocenters. The number of piperazine rings is 2. The maximum atomic E-state index is 12.7. The maximum Gasteiger partial charge on any atom is 0.303 e. The van der Waals surface area contributed by atoms with Gasteiger partial charge < -0.3 is 35.3 Å². The number of hydrogen-bond acceptors (Lipinski definition) is 10. The van der Waals surface area contributed by atoms with E-state index in [1.54, 1.807) is 12.1 Å². The maximum absolute atomic E-state index is 12.7. The van der Waals surface area contributed by atoms with Gasteiger partial charge in [0.15, 0.2) is 0 Å². The van der Waals surface area contributed by atoms with Crippen molar-refractivity contribution in [3.63, 3.8) is 0 Å². The number of aliphatic carboxylic acids is 1. The van der Waals surface area contributed by atoms with Crippen molar-refractivity contribution < 1.29 is 24.9 Å². The molecule has 8 rings (SSSR count). The molecule has 0 bridgehead atoms. The summed E-state index contributed by atoms with van der Waals surface area (Å²) >= 11 is 37.9. The van der Waals surface area contributed by atoms with Crippen LogP contribution in [0.4, 0.5) is 11.4 Å². The van der Waals surface area contributed by atoms with Crippen LogP contribution < -0.4 is 15.1 Å². The van der Waals surface area contributed by atoms with Gasteiger partial charge in [-0.15, -0.1) is 0 Å². The number of halogens is 6. The largest absolute Gasteiger partial charge is 0.481 e. The minimum absolute atomic E-state index is 0. The zero-order valence-corrected chi connectivity index (χ0v) is 58.1. The average Bonchev–Trinajstić information content (AvgIpc) is 1.32. The van der Waals surface area contributed by atoms with E-state index in [0.29, 0.717) is 75.7 Å². The minimum Gasteiger partial charge on any atom is -0.481 e. The third kappa shape index (κ3) is 24.5. The van der Waals surface area contributed by atoms with Crippen LogP contribution in [0.1, 0.15) is 159 Å². The van der Waals surface area contributed by atoms with Gasteiger partial charge in [0.2, 0.25) is 5.91 Å². The fourth-order valence-corrected chi connectivity index (χ4v) is 13.9. The number of carbonyl (C=O) groups is 2. The van der Waals surface area contributed by atoms with E-state index in [9.17, 15) is 19.8 Å². The fourth-order valence-electron chi connectivity index (χ4n) is 12.6. The summed E-state index contributed by atoms with van der Waals surface area (Å²) in [6.45, 7) is 37.8. The van der Waals surface area contributed by atoms with E-state index in [4.69, 9.17) is 74.7 Å². The number of rotatable bonds is 15. The molecule has 4 aromatic carbocycles. The predicted molar refractivity (Wildman–Crippen MR) is 370 cm³/mol. The van der Waals surface area contributed by atoms with E-state index < -0.39 is 17.2 Å². The number of hydrogen-bond donors (Lipinski definition) is 4. The highest BCUT2D eigenvalue weighted by molar-refractivity contribution is 6.37. The fraction of sp³-hybridized carbons (Fsp3) is 0.623. The molecule has 4 fully saturated rings. The first kappa shape index (κ1) is 76.4. The lowest BCUT2D eigenvalue weighted by atomic mass is 9.80. The number of piperidine rings is 2. The quantitative estimate of drug-likeness (QED) is 0.0909. The van der Waals surface area contributed by atoms with E-state index in [1.807, 2.05) is 88.0 Å². The van der Waals surface area contributed by atoms with Crippen LogP contribution in [0.5, 0.6) is 0 Å². The Balaban J connectivity index is 0.000000294. The van der Waals surface area contributed by atoms with E-state index >= 15 is 0 Å². The van der Waals surface area contributed by atoms with Gasteiger partial charge in [-0.3, -0.25) is 24.3 Å². The summed E-state index contributed by atoms with van der Waals surface area (Å²) in [5, 5.41) is 38.5. The highest BCUT2D eigenvalue weighted by Crippen LogP contribution is 2.41. The molecule has 12 nitrogen and oxygen atoms in total. The van der Waals surface area contributed by atoms with Crippen molar-refractivity contribution in [2.75, 3.05) is 94.9 Å². The highest BCUT2D eigenvalue weighted by Gasteiger charge is 2.41. The zero-order chi connectivity index (χ0) is 63.9. The second-order valence-corrected chi connectivity index (χ2v) is 30.0. The summed E-state index contributed by atoms with van der Waals surface area (Å²) < 4.78 is 0. The molecule has 0 aromatic heterocycles. The minimum atomic E-state index is -0.843. The number of likely N-dealkylation sites (tertiary alicyclic amines) is 1. The lowest BCUT2D eigenvalue weighted by Gasteiger charge is -2.47. The van der Waals surface area contributed by atoms with E-state index in [1.165, 1.54) is 5.56 Å². The summed E-state index contributed by atoms with van der Waals surface area (Å²) in [4.78, 5) is 36.6. The highest BCUT2D eigenvalue weighted by atomic mass is 35.5. The first-order valence-corrected chi connectivity index (χ1v) is 33.2. The lowest BCUT2D eigenvalue weighted by molar-refractivity contribution is -0.139. The van der Waals surface area contributed by atoms with Crippen LogP contribution in [0.15, 0.2) is 84.9 Å². The molecular weight excluding hydrogens is 1220 g/mol. The monoisotopic (exact) mass is 1320 g/mol. The molecule has 4 aliphatic heterocycles. The van der Waals surface area contributed by atoms with Crippen LogP contribution in [0.2, 0.25) is 30.1 Å². The van der Waals surface area contributed by atoms with E-state index in [-0.39, 0.29) is 48.6 Å². The molecule has 4 aromatic rings. The molecule has 87 heavy (non-hydrogen) atoms. The van der Waals surface area contributed by atoms with Crippen molar-refractivity contribution >= 4 is 92.9 Å². The summed E-state index contributed by atoms with van der Waals surface area (Å²) in [5.74, 6) is -0.0266. The second kappa shape index (κ2) is 34.5. The summed E-state index contributed by atoms with van der Waals surface area (Å²) in [5.41, 5.74) is 2.63. The molecule has 0 aliphatic carbocycles. The number of anilines is 2. The predicted octanol–water partition coefficient (Wildman–Crippen LogP) is 16.5. The molecule has 18 heteroatoms. The van der Waals surface area contributed by atoms with E-state index in [0.717, 1.165) is 107 Å². The molecule has 0 saturated carbocycles. The SMILES string of the molecule is C.CC(C)(C)CC(=O)N1CCC(C(C)(O)CN2CCN(c3ccc(Cl)cc3Cl)C(c3ccc(Cl)cc3)C2)CC1.CC(C)(C)CC(=O)O.CC(O)(CN1CCN(c2ccc(Cl)cc2Cl)C(c2ccc(Cl)cc2)C1)C1CCNCC1.CCN(C(C)C)C(C)C. The molecule has 4 N–H and O–H groups in total. The summed E-state index contributed by atoms with van der Waals surface area (Å²) in [6.07, 6.45) is 4.49. The van der Waals surface area contributed by atoms with Gasteiger partial charge in [-0.1, -0.05) is 150 Å². The van der Waals surface area contributed by atoms with Gasteiger partial charge in [-0.05, 0) is 181 Å². The summed E-state index contributed by atoms with van der Waals surface area (Å²) in [7, 11) is 0. The van der Waals surface area contributed by atoms with Crippen molar-refractivity contribution in [3.8, 4) is 0 Å². The number of β-amino-alcohol motifs (C(OH)–C–C–N with tert-alkyl or cyclic N) is 2. The van der Waals surface area contributed by atoms with Crippen molar-refractivity contribution in [1.82, 2.24) is 24.9 Å². The van der Waals surface area contributed by atoms with Crippen LogP contribution in [0.25, 0.3) is 0 Å². The number of aliphatic hydroxyl groups is 2. The smallest absolute Gasteiger partial charge is 0.303 e. The Bertz CT molecular complexity index is 2720. The van der Waals surface area contributed by atoms with Crippen LogP contribution in [0, 0.1) is 22.7 Å². The van der Waals surface area contributed by atoms with Crippen LogP contribution in [0.3, 0.4) is 0 Å². The van der Waals surface area contributed by atoms with Crippen LogP contribution in [-0.2, 0) is 9.59 Å². The number of amides is 1. The van der Waals surface area contributed by atoms with Gasteiger partial charge in [0, 0.05) is 104 Å². The van der Waals surface area contributed by atoms with E-state index in [2.05, 4.69) is 109 Å². The van der Waals surface area contributed by atoms with Gasteiger partial charge in [-0.25, -0.2) is 0 Å². The molecule has 4 aliphatic rings. The third-order valence-corrected chi connectivity index (χ3v) is 18.5. The van der Waals surface area contributed by atoms with Crippen molar-refractivity contribution in [2.24, 2.45) is 22.7 Å². The molecule has 0 radical (unpaired) electrons. The Morgan fingerprint density at radius 3 is 1.23 bits per heavy atom. The second-order valence-electron chi connectivity index (χ2n) is 27.5. The third-order valence-electron chi connectivity index (χ3n) is 17.0. The normalized spacial score (nSPS) is 19.8. The first-order valence-electron chi connectivity index (χ1n) is 31.0. The zero-order valence-electron chi connectivity index (χ0n) is 53.6. The molecule has 488 valence electrons. The summed E-state index contributed by atoms with van der Waals surface area (Å²) in [6, 6.07) is 28.8. The standard InChI is InChI=1S/C30H40Cl3N3O2.C24H30Cl3N3O.C8H19N.C6H12O2.CH4/c1-29(2,3)18-28(37)35-13-11-22(12-14-35)30(4,38)20-34-15-16-36(26-10-9-24(32)17-25(26)33)27(19-34)21-5-7-23(31)8-6-21;1-24(31,18-8-10-28-11-9-18)16-29-12-13-30(22-7-6-20(26)14-21(22)27)23(15-29)17-2-4-19(25)5-3-17;1-6-9(7(2)3)8(4)5;1-6(2,3)4-5(7)8;/h5-10,17,22,27,38H,11-16,18-20H2,1-4H3;2-7,14,18,23,28,31H,8-13,15-16H2,1H3;7-8H,6H2,1-5H3;4H2,1-3H3,(H,7,8);1H4. The van der Waals surface area contributed by atoms with Gasteiger partial charge in [0.05, 0.1) is 51.1 Å². The molecular formula is C69H105Cl6N7O5. The molecule has 0 spiro atoms. The van der Waals surface area contributed by atoms with Gasteiger partial charge in [0.1, 0.15) is 0 Å². The van der Waals surface area contributed by atoms with Gasteiger partial charge in [0.25, 0.3) is 0 Å². The Morgan fingerprint density at radius 2 is 0.920 bits per heavy atom. The Hall–Kier alpha value is -3.08. The molecule has 1 amide bonds.